The number of carboxylic acids is 1. The van der Waals surface area contributed by atoms with E-state index in [9.17, 15) is 4.79 Å². The Morgan fingerprint density at radius 1 is 1.47 bits per heavy atom. The standard InChI is InChI=1S/C12H15NO2/c1-2-8-12(13,11(14)15)9-10-6-4-3-5-7-10/h2-7H,1,8-9,13H2,(H,14,15). The SMILES string of the molecule is C=CCC(N)(Cc1ccccc1)C(=O)O. The van der Waals surface area contributed by atoms with Crippen molar-refractivity contribution in [3.8, 4) is 0 Å². The fourth-order valence-electron chi connectivity index (χ4n) is 1.45. The lowest BCUT2D eigenvalue weighted by molar-refractivity contribution is -0.143. The number of carbonyl (C=O) groups is 1. The lowest BCUT2D eigenvalue weighted by Crippen LogP contribution is -2.49. The molecule has 1 rings (SSSR count). The summed E-state index contributed by atoms with van der Waals surface area (Å²) in [5.74, 6) is -0.994. The minimum atomic E-state index is -1.25. The van der Waals surface area contributed by atoms with Gasteiger partial charge in [0.25, 0.3) is 0 Å². The summed E-state index contributed by atoms with van der Waals surface area (Å²) in [6.45, 7) is 3.53. The fraction of sp³-hybridized carbons (Fsp3) is 0.250. The van der Waals surface area contributed by atoms with Crippen molar-refractivity contribution in [2.75, 3.05) is 0 Å². The Balaban J connectivity index is 2.84. The number of carboxylic acid groups (broad SMARTS) is 1. The lowest BCUT2D eigenvalue weighted by atomic mass is 9.89. The van der Waals surface area contributed by atoms with Crippen LogP contribution in [0, 0.1) is 0 Å². The minimum absolute atomic E-state index is 0.261. The van der Waals surface area contributed by atoms with Gasteiger partial charge < -0.3 is 10.8 Å². The molecule has 0 aromatic heterocycles. The van der Waals surface area contributed by atoms with Gasteiger partial charge in [-0.3, -0.25) is 4.79 Å². The van der Waals surface area contributed by atoms with E-state index in [1.165, 1.54) is 6.08 Å². The Morgan fingerprint density at radius 3 is 2.53 bits per heavy atom. The molecule has 3 N–H and O–H groups in total. The smallest absolute Gasteiger partial charge is 0.324 e. The molecule has 0 radical (unpaired) electrons. The number of rotatable bonds is 5. The van der Waals surface area contributed by atoms with Crippen LogP contribution in [-0.2, 0) is 11.2 Å². The summed E-state index contributed by atoms with van der Waals surface area (Å²) >= 11 is 0. The zero-order chi connectivity index (χ0) is 11.3. The molecule has 1 unspecified atom stereocenters. The predicted octanol–water partition coefficient (Wildman–Crippen LogP) is 1.59. The van der Waals surface area contributed by atoms with Gasteiger partial charge in [0.15, 0.2) is 0 Å². The van der Waals surface area contributed by atoms with Crippen LogP contribution in [0.4, 0.5) is 0 Å². The Bertz CT molecular complexity index is 348. The molecule has 1 aromatic carbocycles. The van der Waals surface area contributed by atoms with Crippen molar-refractivity contribution in [3.63, 3.8) is 0 Å². The third-order valence-corrected chi connectivity index (χ3v) is 2.30. The fourth-order valence-corrected chi connectivity index (χ4v) is 1.45. The van der Waals surface area contributed by atoms with E-state index in [2.05, 4.69) is 6.58 Å². The molecule has 0 saturated carbocycles. The van der Waals surface area contributed by atoms with E-state index < -0.39 is 11.5 Å². The van der Waals surface area contributed by atoms with Gasteiger partial charge in [0.05, 0.1) is 0 Å². The van der Waals surface area contributed by atoms with E-state index >= 15 is 0 Å². The van der Waals surface area contributed by atoms with Crippen molar-refractivity contribution < 1.29 is 9.90 Å². The van der Waals surface area contributed by atoms with Gasteiger partial charge in [-0.15, -0.1) is 6.58 Å². The van der Waals surface area contributed by atoms with Gasteiger partial charge in [0.1, 0.15) is 5.54 Å². The van der Waals surface area contributed by atoms with Crippen molar-refractivity contribution >= 4 is 5.97 Å². The number of aliphatic carboxylic acids is 1. The minimum Gasteiger partial charge on any atom is -0.480 e. The van der Waals surface area contributed by atoms with Gasteiger partial charge in [-0.25, -0.2) is 0 Å². The summed E-state index contributed by atoms with van der Waals surface area (Å²) < 4.78 is 0. The monoisotopic (exact) mass is 205 g/mol. The molecular formula is C12H15NO2. The molecule has 0 amide bonds. The van der Waals surface area contributed by atoms with Crippen LogP contribution in [0.5, 0.6) is 0 Å². The molecule has 3 nitrogen and oxygen atoms in total. The van der Waals surface area contributed by atoms with E-state index in [1.807, 2.05) is 30.3 Å². The quantitative estimate of drug-likeness (QED) is 0.717. The molecule has 1 aromatic rings. The highest BCUT2D eigenvalue weighted by molar-refractivity contribution is 5.79. The maximum absolute atomic E-state index is 11.0. The molecule has 1 atom stereocenters. The summed E-state index contributed by atoms with van der Waals surface area (Å²) in [5.41, 5.74) is 5.49. The highest BCUT2D eigenvalue weighted by atomic mass is 16.4. The van der Waals surface area contributed by atoms with Gasteiger partial charge in [-0.05, 0) is 12.0 Å². The highest BCUT2D eigenvalue weighted by Gasteiger charge is 2.32. The van der Waals surface area contributed by atoms with Crippen molar-refractivity contribution in [1.29, 1.82) is 0 Å². The van der Waals surface area contributed by atoms with Crippen LogP contribution in [0.25, 0.3) is 0 Å². The second-order valence-electron chi connectivity index (χ2n) is 3.62. The summed E-state index contributed by atoms with van der Waals surface area (Å²) in [6.07, 6.45) is 2.11. The van der Waals surface area contributed by atoms with Crippen molar-refractivity contribution in [3.05, 3.63) is 48.6 Å². The van der Waals surface area contributed by atoms with E-state index in [-0.39, 0.29) is 6.42 Å². The molecule has 0 aliphatic rings. The normalized spacial score (nSPS) is 14.2. The highest BCUT2D eigenvalue weighted by Crippen LogP contribution is 2.15. The first-order valence-electron chi connectivity index (χ1n) is 4.75. The first kappa shape index (κ1) is 11.5. The van der Waals surface area contributed by atoms with Gasteiger partial charge in [0.2, 0.25) is 0 Å². The summed E-state index contributed by atoms with van der Waals surface area (Å²) in [6, 6.07) is 9.36. The number of nitrogens with two attached hydrogens (primary N) is 1. The maximum Gasteiger partial charge on any atom is 0.324 e. The Hall–Kier alpha value is -1.61. The van der Waals surface area contributed by atoms with Crippen molar-refractivity contribution in [2.24, 2.45) is 5.73 Å². The maximum atomic E-state index is 11.0. The van der Waals surface area contributed by atoms with E-state index in [0.29, 0.717) is 6.42 Å². The van der Waals surface area contributed by atoms with Gasteiger partial charge in [-0.2, -0.15) is 0 Å². The first-order chi connectivity index (χ1) is 7.08. The second-order valence-corrected chi connectivity index (χ2v) is 3.62. The van der Waals surface area contributed by atoms with Crippen LogP contribution in [0.2, 0.25) is 0 Å². The Morgan fingerprint density at radius 2 is 2.07 bits per heavy atom. The number of hydrogen-bond donors (Lipinski definition) is 2. The molecule has 0 aliphatic carbocycles. The van der Waals surface area contributed by atoms with Crippen LogP contribution in [-0.4, -0.2) is 16.6 Å². The van der Waals surface area contributed by atoms with Gasteiger partial charge in [0, 0.05) is 6.42 Å². The number of hydrogen-bond acceptors (Lipinski definition) is 2. The summed E-state index contributed by atoms with van der Waals surface area (Å²) in [5, 5.41) is 9.05. The van der Waals surface area contributed by atoms with Gasteiger partial charge >= 0.3 is 5.97 Å². The third-order valence-electron chi connectivity index (χ3n) is 2.30. The molecule has 0 bridgehead atoms. The average molecular weight is 205 g/mol. The molecule has 80 valence electrons. The molecular weight excluding hydrogens is 190 g/mol. The van der Waals surface area contributed by atoms with Crippen molar-refractivity contribution in [2.45, 2.75) is 18.4 Å². The first-order valence-corrected chi connectivity index (χ1v) is 4.75. The molecule has 0 heterocycles. The van der Waals surface area contributed by atoms with E-state index in [0.717, 1.165) is 5.56 Å². The second kappa shape index (κ2) is 4.75. The van der Waals surface area contributed by atoms with Crippen LogP contribution < -0.4 is 5.73 Å². The predicted molar refractivity (Wildman–Crippen MR) is 59.5 cm³/mol. The third kappa shape index (κ3) is 2.92. The zero-order valence-electron chi connectivity index (χ0n) is 8.52. The molecule has 0 saturated heterocycles. The zero-order valence-corrected chi connectivity index (χ0v) is 8.52. The lowest BCUT2D eigenvalue weighted by Gasteiger charge is -2.23. The Kier molecular flexibility index (Phi) is 3.63. The topological polar surface area (TPSA) is 63.3 Å². The van der Waals surface area contributed by atoms with Crippen LogP contribution in [0.3, 0.4) is 0 Å². The van der Waals surface area contributed by atoms with E-state index in [4.69, 9.17) is 10.8 Å². The van der Waals surface area contributed by atoms with Crippen LogP contribution in [0.1, 0.15) is 12.0 Å². The molecule has 0 aliphatic heterocycles. The molecule has 0 fully saturated rings. The molecule has 0 spiro atoms. The largest absolute Gasteiger partial charge is 0.480 e. The molecule has 3 heteroatoms. The number of benzene rings is 1. The van der Waals surface area contributed by atoms with Crippen molar-refractivity contribution in [1.82, 2.24) is 0 Å². The van der Waals surface area contributed by atoms with E-state index in [1.54, 1.807) is 0 Å². The van der Waals surface area contributed by atoms with Gasteiger partial charge in [-0.1, -0.05) is 36.4 Å². The average Bonchev–Trinajstić information content (AvgIpc) is 2.19. The van der Waals surface area contributed by atoms with Crippen LogP contribution >= 0.6 is 0 Å². The summed E-state index contributed by atoms with van der Waals surface area (Å²) in [4.78, 5) is 11.0. The Labute approximate surface area is 89.2 Å². The summed E-state index contributed by atoms with van der Waals surface area (Å²) in [7, 11) is 0. The van der Waals surface area contributed by atoms with Crippen LogP contribution in [0.15, 0.2) is 43.0 Å². The molecule has 15 heavy (non-hydrogen) atoms.